The van der Waals surface area contributed by atoms with Crippen molar-refractivity contribution in [3.05, 3.63) is 36.0 Å². The third-order valence-corrected chi connectivity index (χ3v) is 1.48. The summed E-state index contributed by atoms with van der Waals surface area (Å²) in [7, 11) is 0. The molecule has 1 nitrogen and oxygen atoms in total. The Bertz CT molecular complexity index is 205. The maximum absolute atomic E-state index is 5.46. The fraction of sp³-hybridized carbons (Fsp3) is 0.500. The zero-order chi connectivity index (χ0) is 10.3. The molecule has 74 valence electrons. The quantitative estimate of drug-likeness (QED) is 0.588. The second kappa shape index (κ2) is 6.67. The highest BCUT2D eigenvalue weighted by atomic mass is 16.5. The topological polar surface area (TPSA) is 9.23 Å². The van der Waals surface area contributed by atoms with Gasteiger partial charge in [-0.25, -0.2) is 0 Å². The van der Waals surface area contributed by atoms with Gasteiger partial charge in [-0.3, -0.25) is 0 Å². The van der Waals surface area contributed by atoms with Crippen molar-refractivity contribution >= 4 is 0 Å². The van der Waals surface area contributed by atoms with Gasteiger partial charge in [-0.1, -0.05) is 30.4 Å². The molecular weight excluding hydrogens is 160 g/mol. The molecule has 0 aromatic carbocycles. The van der Waals surface area contributed by atoms with Gasteiger partial charge in [-0.05, 0) is 33.3 Å². The highest BCUT2D eigenvalue weighted by Crippen LogP contribution is 2.01. The summed E-state index contributed by atoms with van der Waals surface area (Å²) in [6.07, 6.45) is 6.22. The minimum Gasteiger partial charge on any atom is -0.374 e. The molecule has 0 unspecified atom stereocenters. The average molecular weight is 180 g/mol. The van der Waals surface area contributed by atoms with Crippen molar-refractivity contribution in [2.24, 2.45) is 0 Å². The highest BCUT2D eigenvalue weighted by molar-refractivity contribution is 5.24. The summed E-state index contributed by atoms with van der Waals surface area (Å²) in [6.45, 7) is 12.6. The normalized spacial score (nSPS) is 11.6. The van der Waals surface area contributed by atoms with E-state index in [2.05, 4.69) is 26.5 Å². The Morgan fingerprint density at radius 3 is 2.31 bits per heavy atom. The lowest BCUT2D eigenvalue weighted by Gasteiger charge is -2.07. The molecule has 1 heteroatoms. The molecule has 0 fully saturated rings. The SMILES string of the molecule is C=C/C(=C\C=C(C)C)COC(C)C. The van der Waals surface area contributed by atoms with Crippen LogP contribution in [0, 0.1) is 0 Å². The highest BCUT2D eigenvalue weighted by Gasteiger charge is 1.94. The van der Waals surface area contributed by atoms with Crippen molar-refractivity contribution < 1.29 is 4.74 Å². The van der Waals surface area contributed by atoms with Crippen LogP contribution in [0.15, 0.2) is 36.0 Å². The molecule has 0 bridgehead atoms. The molecule has 0 aliphatic rings. The Kier molecular flexibility index (Phi) is 6.25. The first-order chi connectivity index (χ1) is 6.06. The van der Waals surface area contributed by atoms with Crippen molar-refractivity contribution in [3.8, 4) is 0 Å². The molecule has 0 aromatic heterocycles. The van der Waals surface area contributed by atoms with E-state index in [1.165, 1.54) is 5.57 Å². The number of ether oxygens (including phenoxy) is 1. The van der Waals surface area contributed by atoms with Crippen LogP contribution in [0.1, 0.15) is 27.7 Å². The van der Waals surface area contributed by atoms with Gasteiger partial charge in [0.1, 0.15) is 0 Å². The van der Waals surface area contributed by atoms with E-state index in [1.54, 1.807) is 0 Å². The van der Waals surface area contributed by atoms with Gasteiger partial charge in [0.15, 0.2) is 0 Å². The molecule has 0 aromatic rings. The van der Waals surface area contributed by atoms with Crippen LogP contribution in [0.25, 0.3) is 0 Å². The number of allylic oxidation sites excluding steroid dienone is 3. The predicted molar refractivity (Wildman–Crippen MR) is 58.8 cm³/mol. The van der Waals surface area contributed by atoms with Gasteiger partial charge in [-0.15, -0.1) is 0 Å². The average Bonchev–Trinajstić information content (AvgIpc) is 2.04. The monoisotopic (exact) mass is 180 g/mol. The second-order valence-electron chi connectivity index (χ2n) is 3.55. The molecule has 0 rings (SSSR count). The zero-order valence-corrected chi connectivity index (χ0v) is 9.13. The zero-order valence-electron chi connectivity index (χ0n) is 9.13. The van der Waals surface area contributed by atoms with Gasteiger partial charge < -0.3 is 4.74 Å². The molecule has 0 saturated carbocycles. The van der Waals surface area contributed by atoms with Crippen molar-refractivity contribution in [1.29, 1.82) is 0 Å². The van der Waals surface area contributed by atoms with Gasteiger partial charge >= 0.3 is 0 Å². The maximum atomic E-state index is 5.46. The second-order valence-corrected chi connectivity index (χ2v) is 3.55. The first-order valence-corrected chi connectivity index (χ1v) is 4.64. The van der Waals surface area contributed by atoms with E-state index >= 15 is 0 Å². The molecule has 0 radical (unpaired) electrons. The standard InChI is InChI=1S/C12H20O/c1-6-12(8-7-10(2)3)9-13-11(4)5/h6-8,11H,1,9H2,2-5H3/b12-8+. The molecule has 0 amide bonds. The Hall–Kier alpha value is -0.820. The number of hydrogen-bond donors (Lipinski definition) is 0. The van der Waals surface area contributed by atoms with Crippen LogP contribution in [0.4, 0.5) is 0 Å². The van der Waals surface area contributed by atoms with Crippen LogP contribution < -0.4 is 0 Å². The summed E-state index contributed by atoms with van der Waals surface area (Å²) in [5.74, 6) is 0. The first kappa shape index (κ1) is 12.2. The lowest BCUT2D eigenvalue weighted by atomic mass is 10.2. The molecule has 0 N–H and O–H groups in total. The third kappa shape index (κ3) is 7.54. The van der Waals surface area contributed by atoms with Crippen LogP contribution >= 0.6 is 0 Å². The van der Waals surface area contributed by atoms with E-state index in [-0.39, 0.29) is 6.10 Å². The minimum absolute atomic E-state index is 0.273. The summed E-state index contributed by atoms with van der Waals surface area (Å²) in [4.78, 5) is 0. The van der Waals surface area contributed by atoms with Crippen LogP contribution in [-0.4, -0.2) is 12.7 Å². The molecule has 0 aliphatic carbocycles. The van der Waals surface area contributed by atoms with E-state index in [9.17, 15) is 0 Å². The summed E-state index contributed by atoms with van der Waals surface area (Å²) in [5, 5.41) is 0. The van der Waals surface area contributed by atoms with Crippen molar-refractivity contribution in [2.75, 3.05) is 6.61 Å². The van der Waals surface area contributed by atoms with E-state index in [0.29, 0.717) is 6.61 Å². The molecule has 0 aliphatic heterocycles. The predicted octanol–water partition coefficient (Wildman–Crippen LogP) is 3.49. The maximum Gasteiger partial charge on any atom is 0.0720 e. The summed E-state index contributed by atoms with van der Waals surface area (Å²) >= 11 is 0. The van der Waals surface area contributed by atoms with Crippen LogP contribution in [-0.2, 0) is 4.74 Å². The Balaban J connectivity index is 4.10. The first-order valence-electron chi connectivity index (χ1n) is 4.64. The van der Waals surface area contributed by atoms with Crippen molar-refractivity contribution in [3.63, 3.8) is 0 Å². The summed E-state index contributed by atoms with van der Waals surface area (Å²) in [5.41, 5.74) is 2.40. The third-order valence-electron chi connectivity index (χ3n) is 1.48. The van der Waals surface area contributed by atoms with Gasteiger partial charge in [-0.2, -0.15) is 0 Å². The Morgan fingerprint density at radius 1 is 1.31 bits per heavy atom. The van der Waals surface area contributed by atoms with Gasteiger partial charge in [0.2, 0.25) is 0 Å². The van der Waals surface area contributed by atoms with E-state index in [4.69, 9.17) is 4.74 Å². The smallest absolute Gasteiger partial charge is 0.0720 e. The van der Waals surface area contributed by atoms with Crippen LogP contribution in [0.3, 0.4) is 0 Å². The van der Waals surface area contributed by atoms with E-state index in [0.717, 1.165) is 5.57 Å². The number of rotatable bonds is 5. The fourth-order valence-electron chi connectivity index (χ4n) is 0.712. The number of hydrogen-bond acceptors (Lipinski definition) is 1. The molecule has 0 heterocycles. The molecule has 0 atom stereocenters. The molecule has 0 saturated heterocycles. The van der Waals surface area contributed by atoms with E-state index < -0.39 is 0 Å². The van der Waals surface area contributed by atoms with Crippen molar-refractivity contribution in [1.82, 2.24) is 0 Å². The van der Waals surface area contributed by atoms with E-state index in [1.807, 2.05) is 26.0 Å². The van der Waals surface area contributed by atoms with Crippen LogP contribution in [0.5, 0.6) is 0 Å². The lowest BCUT2D eigenvalue weighted by Crippen LogP contribution is -2.04. The molecule has 13 heavy (non-hydrogen) atoms. The molecular formula is C12H20O. The summed E-state index contributed by atoms with van der Waals surface area (Å²) in [6, 6.07) is 0. The van der Waals surface area contributed by atoms with Crippen molar-refractivity contribution in [2.45, 2.75) is 33.8 Å². The Labute approximate surface area is 81.8 Å². The van der Waals surface area contributed by atoms with Gasteiger partial charge in [0, 0.05) is 0 Å². The summed E-state index contributed by atoms with van der Waals surface area (Å²) < 4.78 is 5.46. The van der Waals surface area contributed by atoms with Gasteiger partial charge in [0.05, 0.1) is 12.7 Å². The lowest BCUT2D eigenvalue weighted by molar-refractivity contribution is 0.0989. The van der Waals surface area contributed by atoms with Gasteiger partial charge in [0.25, 0.3) is 0 Å². The van der Waals surface area contributed by atoms with Crippen LogP contribution in [0.2, 0.25) is 0 Å². The minimum atomic E-state index is 0.273. The fourth-order valence-corrected chi connectivity index (χ4v) is 0.712. The Morgan fingerprint density at radius 2 is 1.92 bits per heavy atom. The largest absolute Gasteiger partial charge is 0.374 e. The molecule has 0 spiro atoms.